The van der Waals surface area contributed by atoms with Crippen LogP contribution in [0.3, 0.4) is 0 Å². The second-order valence-electron chi connectivity index (χ2n) is 39.1. The number of halogens is 1. The molecule has 30 nitrogen and oxygen atoms in total. The fourth-order valence-electron chi connectivity index (χ4n) is 21.0. The van der Waals surface area contributed by atoms with Crippen molar-refractivity contribution in [3.63, 3.8) is 0 Å². The van der Waals surface area contributed by atoms with Gasteiger partial charge in [-0.2, -0.15) is 30.6 Å². The third-order valence-corrected chi connectivity index (χ3v) is 28.8. The lowest BCUT2D eigenvalue weighted by molar-refractivity contribution is 0.0586. The van der Waals surface area contributed by atoms with Crippen molar-refractivity contribution in [3.8, 4) is 0 Å². The van der Waals surface area contributed by atoms with Gasteiger partial charge in [-0.1, -0.05) is 48.5 Å². The van der Waals surface area contributed by atoms with Crippen LogP contribution in [0.4, 0.5) is 27.7 Å². The molecule has 0 aliphatic carbocycles. The Morgan fingerprint density at radius 1 is 0.412 bits per heavy atom. The van der Waals surface area contributed by atoms with Crippen LogP contribution in [-0.4, -0.2) is 209 Å². The van der Waals surface area contributed by atoms with Crippen LogP contribution in [0.15, 0.2) is 91.1 Å². The number of aryl methyl sites for hydroxylation is 9. The number of carbonyl (C=O) groups excluding carboxylic acids is 4. The quantitative estimate of drug-likeness (QED) is 0.0922. The van der Waals surface area contributed by atoms with Crippen molar-refractivity contribution >= 4 is 85.8 Å². The molecule has 0 unspecified atom stereocenters. The number of anilines is 4. The summed E-state index contributed by atoms with van der Waals surface area (Å²) in [6.07, 6.45) is 29.8. The molecule has 13 aromatic rings. The number of benzene rings is 1. The molecule has 20 heterocycles. The monoisotopic (exact) mass is 1800 g/mol. The number of amides is 4. The first-order chi connectivity index (χ1) is 63.1. The maximum Gasteiger partial charge on any atom is 0.274 e. The highest BCUT2D eigenvalue weighted by Crippen LogP contribution is 2.41. The number of aromatic nitrogens is 18. The van der Waals surface area contributed by atoms with E-state index in [9.17, 15) is 23.6 Å². The van der Waals surface area contributed by atoms with E-state index in [0.29, 0.717) is 64.0 Å². The first-order valence-electron chi connectivity index (χ1n) is 48.1. The Bertz CT molecular complexity index is 6330. The van der Waals surface area contributed by atoms with Gasteiger partial charge in [0.25, 0.3) is 23.6 Å². The largest absolute Gasteiger partial charge is 0.356 e. The zero-order chi connectivity index (χ0) is 91.5. The molecule has 8 aliphatic rings. The molecule has 8 saturated heterocycles. The topological polar surface area (TPSA) is 268 Å². The zero-order valence-electron chi connectivity index (χ0n) is 79.1. The van der Waals surface area contributed by atoms with Crippen LogP contribution in [0.5, 0.6) is 0 Å². The summed E-state index contributed by atoms with van der Waals surface area (Å²) in [7, 11) is 1.86. The van der Waals surface area contributed by atoms with E-state index in [0.717, 1.165) is 269 Å². The van der Waals surface area contributed by atoms with Gasteiger partial charge in [-0.3, -0.25) is 32.9 Å². The molecule has 0 N–H and O–H groups in total. The predicted octanol–water partition coefficient (Wildman–Crippen LogP) is 17.2. The number of imidazole rings is 1. The van der Waals surface area contributed by atoms with E-state index < -0.39 is 0 Å². The molecule has 692 valence electrons. The van der Waals surface area contributed by atoms with Crippen LogP contribution < -0.4 is 19.6 Å². The Kier molecular flexibility index (Phi) is 26.0. The lowest BCUT2D eigenvalue weighted by Crippen LogP contribution is -2.39. The molecule has 0 bridgehead atoms. The van der Waals surface area contributed by atoms with Crippen molar-refractivity contribution < 1.29 is 23.6 Å². The van der Waals surface area contributed by atoms with Crippen molar-refractivity contribution in [2.45, 2.75) is 243 Å². The Labute approximate surface area is 770 Å². The summed E-state index contributed by atoms with van der Waals surface area (Å²) in [5, 5.41) is 30.5. The second kappa shape index (κ2) is 37.9. The van der Waals surface area contributed by atoms with E-state index in [2.05, 4.69) is 148 Å². The van der Waals surface area contributed by atoms with Crippen LogP contribution in [0.2, 0.25) is 0 Å². The first-order valence-corrected chi connectivity index (χ1v) is 49.0. The van der Waals surface area contributed by atoms with Crippen LogP contribution >= 0.6 is 11.3 Å². The maximum absolute atomic E-state index is 14.1. The lowest BCUT2D eigenvalue weighted by Gasteiger charge is -2.35. The molecule has 0 radical (unpaired) electrons. The fourth-order valence-corrected chi connectivity index (χ4v) is 21.7. The van der Waals surface area contributed by atoms with Crippen molar-refractivity contribution in [2.24, 2.45) is 30.7 Å². The first kappa shape index (κ1) is 89.9. The summed E-state index contributed by atoms with van der Waals surface area (Å²) in [4.78, 5) is 96.7. The molecule has 131 heavy (non-hydrogen) atoms. The Morgan fingerprint density at radius 3 is 1.12 bits per heavy atom. The van der Waals surface area contributed by atoms with E-state index in [-0.39, 0.29) is 59.5 Å². The molecular formula is C99H129FN26O4S. The maximum atomic E-state index is 14.1. The average molecular weight is 1800 g/mol. The molecule has 0 saturated carbocycles. The van der Waals surface area contributed by atoms with Gasteiger partial charge in [0.15, 0.2) is 27.5 Å². The predicted molar refractivity (Wildman–Crippen MR) is 509 cm³/mol. The van der Waals surface area contributed by atoms with Gasteiger partial charge in [0.05, 0.1) is 58.3 Å². The number of hydrogen-bond donors (Lipinski definition) is 0. The summed E-state index contributed by atoms with van der Waals surface area (Å²) in [5.41, 5.74) is 16.8. The highest BCUT2D eigenvalue weighted by Gasteiger charge is 2.39. The minimum absolute atomic E-state index is 0.0152. The normalized spacial score (nSPS) is 21.5. The molecule has 0 spiro atoms. The van der Waals surface area contributed by atoms with E-state index in [1.807, 2.05) is 103 Å². The van der Waals surface area contributed by atoms with E-state index in [1.165, 1.54) is 37.0 Å². The van der Waals surface area contributed by atoms with Gasteiger partial charge in [-0.05, 0) is 223 Å². The third kappa shape index (κ3) is 18.6. The number of fused-ring (bicyclic) bond motifs is 5. The van der Waals surface area contributed by atoms with Gasteiger partial charge in [0, 0.05) is 187 Å². The van der Waals surface area contributed by atoms with Crippen LogP contribution in [0.1, 0.15) is 297 Å². The smallest absolute Gasteiger partial charge is 0.274 e. The molecule has 32 heteroatoms. The second-order valence-corrected chi connectivity index (χ2v) is 40.0. The van der Waals surface area contributed by atoms with Gasteiger partial charge in [0.1, 0.15) is 46.2 Å². The number of piperidine rings is 4. The van der Waals surface area contributed by atoms with Gasteiger partial charge < -0.3 is 39.2 Å². The van der Waals surface area contributed by atoms with Gasteiger partial charge in [-0.25, -0.2) is 47.4 Å². The lowest BCUT2D eigenvalue weighted by atomic mass is 9.97. The van der Waals surface area contributed by atoms with Crippen molar-refractivity contribution in [1.29, 1.82) is 0 Å². The van der Waals surface area contributed by atoms with Crippen molar-refractivity contribution in [2.75, 3.05) is 98.1 Å². The Hall–Kier alpha value is -11.7. The van der Waals surface area contributed by atoms with Gasteiger partial charge in [0.2, 0.25) is 0 Å². The number of likely N-dealkylation sites (tertiary alicyclic amines) is 4. The third-order valence-electron chi connectivity index (χ3n) is 28.1. The zero-order valence-corrected chi connectivity index (χ0v) is 79.9. The SMILES string of the molecule is CCCn1nc(C)cc1C(=O)N1CCCC[C@H]1c1cc2nc(N3CC[C@H](C)C3)c(C)cn2n1.Cc1cn2nc([C@@H]3CCCCN3C(=O)c3cc(C(C)C)nn3C)cc2nc1N1CC[C@H](C)C1.Cc1cn2nc([C@@H]3CCCCN3C(=O)c3cc(C)c(F)c(C)c3)cc2nc1N1CC[C@H](C)C1.Cc1cn2nc([C@@H]3CCCCN3C(=O)c3cn4ccsc4n3)cc2nc1N1CC[C@H](C)C1. The van der Waals surface area contributed by atoms with Crippen molar-refractivity contribution in [3.05, 3.63) is 187 Å². The summed E-state index contributed by atoms with van der Waals surface area (Å²) >= 11 is 1.54. The van der Waals surface area contributed by atoms with E-state index in [4.69, 9.17) is 40.3 Å². The molecule has 12 aromatic heterocycles. The molecule has 8 fully saturated rings. The van der Waals surface area contributed by atoms with Gasteiger partial charge >= 0.3 is 0 Å². The average Bonchev–Trinajstić information content (AvgIpc) is 1.69. The number of thiazole rings is 1. The van der Waals surface area contributed by atoms with E-state index >= 15 is 0 Å². The minimum atomic E-state index is -0.244. The number of carbonyl (C=O) groups is 4. The molecular weight excluding hydrogens is 1670 g/mol. The highest BCUT2D eigenvalue weighted by atomic mass is 32.1. The van der Waals surface area contributed by atoms with Crippen LogP contribution in [0.25, 0.3) is 27.5 Å². The Morgan fingerprint density at radius 2 is 0.779 bits per heavy atom. The van der Waals surface area contributed by atoms with E-state index in [1.54, 1.807) is 30.7 Å². The van der Waals surface area contributed by atoms with Crippen LogP contribution in [-0.2, 0) is 13.6 Å². The standard InChI is InChI=1S/C26H32FN5O.2C25H35N7O.C23H27N7OS/c1-16-8-10-30(14-16)25-19(4)15-32-23(28-25)13-21(29-32)22-7-5-6-9-31(22)26(33)20-11-17(2)24(27)18(3)12-20;1-16(2)19-12-22(29(5)27-19)25(33)31-10-7-6-8-21(31)20-13-23-26-24(18(4)15-32(23)28-20)30-11-9-17(3)14-30;1-5-10-31-22(13-19(4)27-31)25(33)30-11-7-6-8-21(30)20-14-23-26-24(18(3)16-32(23)28-20)29-12-9-17(2)15-29;1-15-6-8-27(12-15)21-16(2)13-30-20(25-21)11-17(26-30)19-5-3-4-7-29(19)22(31)18-14-28-9-10-32-23(28)24-18/h11-13,15-16,22H,5-10,14H2,1-4H3;12-13,15-17,21H,6-11,14H2,1-5H3;13-14,16-17,21H,5-12,15H2,1-4H3;9-11,13-15,19H,3-8,12H2,1-2H3/t16-,22-;2*17-,21-;15-,19-/m0000/s1. The molecule has 8 atom stereocenters. The fraction of sp³-hybridized carbons (Fsp3) is 0.545. The molecule has 8 aliphatic heterocycles. The molecule has 4 amide bonds. The Balaban J connectivity index is 0.000000117. The summed E-state index contributed by atoms with van der Waals surface area (Å²) in [6, 6.07) is 15.2. The highest BCUT2D eigenvalue weighted by molar-refractivity contribution is 7.15. The van der Waals surface area contributed by atoms with Crippen molar-refractivity contribution in [1.82, 2.24) is 107 Å². The number of rotatable bonds is 15. The summed E-state index contributed by atoms with van der Waals surface area (Å²) in [6.45, 7) is 41.3. The number of nitrogens with zero attached hydrogens (tertiary/aromatic N) is 26. The van der Waals surface area contributed by atoms with Crippen LogP contribution in [0, 0.1) is 78.0 Å². The minimum Gasteiger partial charge on any atom is -0.356 e. The summed E-state index contributed by atoms with van der Waals surface area (Å²) < 4.78 is 27.1. The van der Waals surface area contributed by atoms with Gasteiger partial charge in [-0.15, -0.1) is 11.3 Å². The number of hydrogen-bond acceptors (Lipinski definition) is 20. The molecule has 21 rings (SSSR count). The summed E-state index contributed by atoms with van der Waals surface area (Å²) in [5.74, 6) is 7.07. The molecule has 1 aromatic carbocycles.